The van der Waals surface area contributed by atoms with E-state index in [1.165, 1.54) is 18.2 Å². The van der Waals surface area contributed by atoms with Crippen LogP contribution in [0.2, 0.25) is 5.02 Å². The molecule has 0 unspecified atom stereocenters. The molecule has 0 aliphatic rings. The maximum absolute atomic E-state index is 13.2. The number of hydrogen-bond donors (Lipinski definition) is 1. The zero-order chi connectivity index (χ0) is 18.1. The lowest BCUT2D eigenvalue weighted by Gasteiger charge is -2.09. The second kappa shape index (κ2) is 6.64. The van der Waals surface area contributed by atoms with Gasteiger partial charge >= 0.3 is 0 Å². The second-order valence-corrected chi connectivity index (χ2v) is 6.14. The summed E-state index contributed by atoms with van der Waals surface area (Å²) in [5.41, 5.74) is 4.25. The van der Waals surface area contributed by atoms with Crippen LogP contribution in [0.4, 0.5) is 10.1 Å². The van der Waals surface area contributed by atoms with Crippen LogP contribution in [0.1, 0.15) is 27.3 Å². The summed E-state index contributed by atoms with van der Waals surface area (Å²) in [6, 6.07) is 9.84. The number of hydrogen-bond acceptors (Lipinski definition) is 3. The van der Waals surface area contributed by atoms with E-state index >= 15 is 0 Å². The monoisotopic (exact) mass is 358 g/mol. The van der Waals surface area contributed by atoms with Crippen LogP contribution in [0, 0.1) is 26.6 Å². The number of halogens is 2. The van der Waals surface area contributed by atoms with Crippen LogP contribution in [0.3, 0.4) is 0 Å². The van der Waals surface area contributed by atoms with E-state index in [0.717, 1.165) is 16.8 Å². The number of anilines is 1. The van der Waals surface area contributed by atoms with Crippen LogP contribution in [-0.2, 0) is 0 Å². The van der Waals surface area contributed by atoms with Crippen molar-refractivity contribution in [3.8, 4) is 5.69 Å². The molecule has 5 nitrogen and oxygen atoms in total. The topological polar surface area (TPSA) is 59.8 Å². The van der Waals surface area contributed by atoms with Gasteiger partial charge < -0.3 is 5.32 Å². The standard InChI is InChI=1S/C18H16ClFN4O/c1-10-5-4-6-16(11(10)2)24-12(3)17(22-23-24)18(25)21-13-7-8-15(20)14(19)9-13/h4-9H,1-3H3,(H,21,25). The molecule has 1 N–H and O–H groups in total. The summed E-state index contributed by atoms with van der Waals surface area (Å²) in [4.78, 5) is 12.5. The Morgan fingerprint density at radius 2 is 1.96 bits per heavy atom. The molecule has 0 radical (unpaired) electrons. The summed E-state index contributed by atoms with van der Waals surface area (Å²) in [7, 11) is 0. The third-order valence-electron chi connectivity index (χ3n) is 4.09. The Kier molecular flexibility index (Phi) is 4.55. The first-order valence-electron chi connectivity index (χ1n) is 7.63. The van der Waals surface area contributed by atoms with Crippen LogP contribution in [0.25, 0.3) is 5.69 Å². The first kappa shape index (κ1) is 17.1. The fourth-order valence-electron chi connectivity index (χ4n) is 2.50. The summed E-state index contributed by atoms with van der Waals surface area (Å²) in [5.74, 6) is -0.978. The number of carbonyl (C=O) groups excluding carboxylic acids is 1. The third-order valence-corrected chi connectivity index (χ3v) is 4.38. The first-order chi connectivity index (χ1) is 11.9. The highest BCUT2D eigenvalue weighted by Crippen LogP contribution is 2.22. The molecule has 1 aromatic heterocycles. The number of nitrogens with one attached hydrogen (secondary N) is 1. The molecule has 2 aromatic carbocycles. The molecule has 0 fully saturated rings. The minimum atomic E-state index is -0.545. The van der Waals surface area contributed by atoms with Gasteiger partial charge in [-0.3, -0.25) is 4.79 Å². The predicted octanol–water partition coefficient (Wildman–Crippen LogP) is 4.24. The van der Waals surface area contributed by atoms with Crippen molar-refractivity contribution in [3.05, 3.63) is 69.8 Å². The molecule has 0 bridgehead atoms. The highest BCUT2D eigenvalue weighted by Gasteiger charge is 2.19. The highest BCUT2D eigenvalue weighted by atomic mass is 35.5. The van der Waals surface area contributed by atoms with Gasteiger partial charge in [-0.1, -0.05) is 28.9 Å². The maximum atomic E-state index is 13.2. The lowest BCUT2D eigenvalue weighted by atomic mass is 10.1. The SMILES string of the molecule is Cc1cccc(-n2nnc(C(=O)Nc3ccc(F)c(Cl)c3)c2C)c1C. The van der Waals surface area contributed by atoms with Crippen LogP contribution in [0.5, 0.6) is 0 Å². The van der Waals surface area contributed by atoms with Crippen LogP contribution in [0.15, 0.2) is 36.4 Å². The Balaban J connectivity index is 1.91. The van der Waals surface area contributed by atoms with E-state index in [1.807, 2.05) is 32.0 Å². The van der Waals surface area contributed by atoms with E-state index in [-0.39, 0.29) is 10.7 Å². The average molecular weight is 359 g/mol. The number of amides is 1. The fraction of sp³-hybridized carbons (Fsp3) is 0.167. The third kappa shape index (κ3) is 3.25. The van der Waals surface area contributed by atoms with Gasteiger partial charge in [0.15, 0.2) is 5.69 Å². The lowest BCUT2D eigenvalue weighted by molar-refractivity contribution is 0.102. The Hall–Kier alpha value is -2.73. The van der Waals surface area contributed by atoms with Gasteiger partial charge in [0.05, 0.1) is 16.4 Å². The number of aryl methyl sites for hydroxylation is 1. The zero-order valence-corrected chi connectivity index (χ0v) is 14.7. The van der Waals surface area contributed by atoms with E-state index in [4.69, 9.17) is 11.6 Å². The molecule has 0 atom stereocenters. The van der Waals surface area contributed by atoms with Gasteiger partial charge in [0.25, 0.3) is 5.91 Å². The molecule has 25 heavy (non-hydrogen) atoms. The lowest BCUT2D eigenvalue weighted by Crippen LogP contribution is -2.14. The number of benzene rings is 2. The van der Waals surface area contributed by atoms with E-state index in [0.29, 0.717) is 11.4 Å². The Morgan fingerprint density at radius 3 is 2.68 bits per heavy atom. The van der Waals surface area contributed by atoms with Gasteiger partial charge in [-0.05, 0) is 56.2 Å². The summed E-state index contributed by atoms with van der Waals surface area (Å²) >= 11 is 5.73. The van der Waals surface area contributed by atoms with Crippen molar-refractivity contribution in [1.82, 2.24) is 15.0 Å². The highest BCUT2D eigenvalue weighted by molar-refractivity contribution is 6.31. The molecule has 3 aromatic rings. The smallest absolute Gasteiger partial charge is 0.278 e. The molecule has 7 heteroatoms. The van der Waals surface area contributed by atoms with Gasteiger partial charge in [0.2, 0.25) is 0 Å². The van der Waals surface area contributed by atoms with Gasteiger partial charge in [0, 0.05) is 5.69 Å². The summed E-state index contributed by atoms with van der Waals surface area (Å²) in [6.07, 6.45) is 0. The van der Waals surface area contributed by atoms with Gasteiger partial charge in [-0.25, -0.2) is 9.07 Å². The summed E-state index contributed by atoms with van der Waals surface area (Å²) in [6.45, 7) is 5.78. The van der Waals surface area contributed by atoms with Crippen LogP contribution in [-0.4, -0.2) is 20.9 Å². The Bertz CT molecular complexity index is 968. The fourth-order valence-corrected chi connectivity index (χ4v) is 2.68. The van der Waals surface area contributed by atoms with E-state index < -0.39 is 11.7 Å². The minimum Gasteiger partial charge on any atom is -0.320 e. The minimum absolute atomic E-state index is 0.0615. The molecular formula is C18H16ClFN4O. The van der Waals surface area contributed by atoms with Crippen molar-refractivity contribution >= 4 is 23.2 Å². The van der Waals surface area contributed by atoms with Crippen molar-refractivity contribution in [2.75, 3.05) is 5.32 Å². The molecule has 128 valence electrons. The zero-order valence-electron chi connectivity index (χ0n) is 14.0. The van der Waals surface area contributed by atoms with Crippen LogP contribution < -0.4 is 5.32 Å². The van der Waals surface area contributed by atoms with Gasteiger partial charge in [-0.15, -0.1) is 5.10 Å². The van der Waals surface area contributed by atoms with Crippen molar-refractivity contribution in [3.63, 3.8) is 0 Å². The number of nitrogens with zero attached hydrogens (tertiary/aromatic N) is 3. The molecule has 0 aliphatic carbocycles. The normalized spacial score (nSPS) is 10.8. The number of carbonyl (C=O) groups is 1. The van der Waals surface area contributed by atoms with E-state index in [2.05, 4.69) is 15.6 Å². The largest absolute Gasteiger partial charge is 0.320 e. The number of rotatable bonds is 3. The summed E-state index contributed by atoms with van der Waals surface area (Å²) in [5, 5.41) is 10.7. The van der Waals surface area contributed by atoms with Crippen LogP contribution >= 0.6 is 11.6 Å². The van der Waals surface area contributed by atoms with Crippen molar-refractivity contribution < 1.29 is 9.18 Å². The van der Waals surface area contributed by atoms with Gasteiger partial charge in [0.1, 0.15) is 5.82 Å². The quantitative estimate of drug-likeness (QED) is 0.761. The Labute approximate surface area is 149 Å². The maximum Gasteiger partial charge on any atom is 0.278 e. The van der Waals surface area contributed by atoms with Crippen molar-refractivity contribution in [2.45, 2.75) is 20.8 Å². The second-order valence-electron chi connectivity index (χ2n) is 5.74. The number of aromatic nitrogens is 3. The Morgan fingerprint density at radius 1 is 1.20 bits per heavy atom. The van der Waals surface area contributed by atoms with Gasteiger partial charge in [-0.2, -0.15) is 0 Å². The molecule has 0 aliphatic heterocycles. The molecule has 1 amide bonds. The molecule has 0 spiro atoms. The van der Waals surface area contributed by atoms with E-state index in [1.54, 1.807) is 11.6 Å². The average Bonchev–Trinajstić information content (AvgIpc) is 2.95. The molecular weight excluding hydrogens is 343 g/mol. The molecule has 0 saturated carbocycles. The molecule has 1 heterocycles. The van der Waals surface area contributed by atoms with Crippen molar-refractivity contribution in [1.29, 1.82) is 0 Å². The first-order valence-corrected chi connectivity index (χ1v) is 8.01. The summed E-state index contributed by atoms with van der Waals surface area (Å²) < 4.78 is 14.8. The molecule has 3 rings (SSSR count). The van der Waals surface area contributed by atoms with Crippen molar-refractivity contribution in [2.24, 2.45) is 0 Å². The predicted molar refractivity (Wildman–Crippen MR) is 94.9 cm³/mol. The van der Waals surface area contributed by atoms with E-state index in [9.17, 15) is 9.18 Å². The molecule has 0 saturated heterocycles.